The molecule has 96 valence electrons. The van der Waals surface area contributed by atoms with E-state index in [2.05, 4.69) is 15.1 Å². The van der Waals surface area contributed by atoms with Crippen molar-refractivity contribution in [2.24, 2.45) is 0 Å². The number of pyridine rings is 1. The number of rotatable bonds is 2. The van der Waals surface area contributed by atoms with Crippen molar-refractivity contribution in [2.45, 2.75) is 18.8 Å². The Kier molecular flexibility index (Phi) is 3.21. The molecular formula is C13H12N4O2. The summed E-state index contributed by atoms with van der Waals surface area (Å²) in [4.78, 5) is 8.48. The van der Waals surface area contributed by atoms with Crippen LogP contribution in [0.1, 0.15) is 30.1 Å². The predicted molar refractivity (Wildman–Crippen MR) is 65.0 cm³/mol. The first-order chi connectivity index (χ1) is 9.36. The highest BCUT2D eigenvalue weighted by molar-refractivity contribution is 5.47. The molecule has 0 saturated carbocycles. The molecule has 2 aromatic heterocycles. The quantitative estimate of drug-likeness (QED) is 0.815. The topological polar surface area (TPSA) is 84.8 Å². The second kappa shape index (κ2) is 5.16. The van der Waals surface area contributed by atoms with Crippen molar-refractivity contribution in [2.75, 3.05) is 13.2 Å². The second-order valence-corrected chi connectivity index (χ2v) is 4.42. The Morgan fingerprint density at radius 1 is 1.37 bits per heavy atom. The highest BCUT2D eigenvalue weighted by atomic mass is 16.5. The van der Waals surface area contributed by atoms with Gasteiger partial charge < -0.3 is 9.26 Å². The average Bonchev–Trinajstić information content (AvgIpc) is 2.98. The molecule has 6 heteroatoms. The van der Waals surface area contributed by atoms with E-state index in [1.807, 2.05) is 6.07 Å². The molecule has 3 rings (SSSR count). The third-order valence-electron chi connectivity index (χ3n) is 3.08. The van der Waals surface area contributed by atoms with Crippen LogP contribution in [0.2, 0.25) is 0 Å². The number of nitriles is 1. The van der Waals surface area contributed by atoms with Gasteiger partial charge in [-0.15, -0.1) is 0 Å². The summed E-state index contributed by atoms with van der Waals surface area (Å²) in [5.41, 5.74) is 1.08. The van der Waals surface area contributed by atoms with Gasteiger partial charge in [-0.3, -0.25) is 0 Å². The first-order valence-corrected chi connectivity index (χ1v) is 6.14. The molecule has 6 nitrogen and oxygen atoms in total. The zero-order valence-corrected chi connectivity index (χ0v) is 10.2. The van der Waals surface area contributed by atoms with Crippen LogP contribution in [0.15, 0.2) is 22.9 Å². The van der Waals surface area contributed by atoms with E-state index in [1.165, 1.54) is 6.20 Å². The summed E-state index contributed by atoms with van der Waals surface area (Å²) < 4.78 is 10.6. The Morgan fingerprint density at radius 2 is 2.32 bits per heavy atom. The van der Waals surface area contributed by atoms with Crippen LogP contribution in [0.4, 0.5) is 0 Å². The van der Waals surface area contributed by atoms with Crippen LogP contribution in [0.5, 0.6) is 0 Å². The van der Waals surface area contributed by atoms with Gasteiger partial charge in [0.05, 0.1) is 12.2 Å². The number of hydrogen-bond acceptors (Lipinski definition) is 6. The van der Waals surface area contributed by atoms with Crippen LogP contribution in [-0.4, -0.2) is 28.3 Å². The fraction of sp³-hybridized carbons (Fsp3) is 0.385. The van der Waals surface area contributed by atoms with Crippen LogP contribution >= 0.6 is 0 Å². The summed E-state index contributed by atoms with van der Waals surface area (Å²) in [6.07, 6.45) is 3.52. The van der Waals surface area contributed by atoms with E-state index >= 15 is 0 Å². The van der Waals surface area contributed by atoms with Crippen molar-refractivity contribution >= 4 is 0 Å². The summed E-state index contributed by atoms with van der Waals surface area (Å²) in [7, 11) is 0. The molecule has 3 heterocycles. The molecule has 1 aliphatic heterocycles. The first-order valence-electron chi connectivity index (χ1n) is 6.14. The van der Waals surface area contributed by atoms with Crippen molar-refractivity contribution < 1.29 is 9.26 Å². The maximum absolute atomic E-state index is 8.72. The molecule has 1 aliphatic rings. The van der Waals surface area contributed by atoms with Crippen LogP contribution in [0.3, 0.4) is 0 Å². The summed E-state index contributed by atoms with van der Waals surface area (Å²) in [6, 6.07) is 5.39. The molecule has 1 atom stereocenters. The zero-order valence-electron chi connectivity index (χ0n) is 10.2. The molecule has 0 N–H and O–H groups in total. The van der Waals surface area contributed by atoms with E-state index in [-0.39, 0.29) is 5.92 Å². The van der Waals surface area contributed by atoms with Crippen molar-refractivity contribution in [1.29, 1.82) is 5.26 Å². The van der Waals surface area contributed by atoms with Gasteiger partial charge in [0.1, 0.15) is 11.8 Å². The molecule has 1 saturated heterocycles. The van der Waals surface area contributed by atoms with Gasteiger partial charge in [0.25, 0.3) is 5.89 Å². The Bertz CT molecular complexity index is 594. The minimum absolute atomic E-state index is 0.199. The standard InChI is InChI=1S/C13H12N4O2/c14-6-9-3-4-11(15-7-9)13-16-12(17-19-13)10-2-1-5-18-8-10/h3-4,7,10H,1-2,5,8H2. The number of aromatic nitrogens is 3. The SMILES string of the molecule is N#Cc1ccc(-c2nc(C3CCCOC3)no2)nc1. The lowest BCUT2D eigenvalue weighted by molar-refractivity contribution is 0.0773. The maximum Gasteiger partial charge on any atom is 0.276 e. The van der Waals surface area contributed by atoms with Gasteiger partial charge in [-0.05, 0) is 25.0 Å². The van der Waals surface area contributed by atoms with Crippen molar-refractivity contribution in [3.05, 3.63) is 29.7 Å². The minimum Gasteiger partial charge on any atom is -0.381 e. The zero-order chi connectivity index (χ0) is 13.1. The second-order valence-electron chi connectivity index (χ2n) is 4.42. The Morgan fingerprint density at radius 3 is 3.00 bits per heavy atom. The largest absolute Gasteiger partial charge is 0.381 e. The van der Waals surface area contributed by atoms with Gasteiger partial charge >= 0.3 is 0 Å². The fourth-order valence-corrected chi connectivity index (χ4v) is 2.04. The number of ether oxygens (including phenoxy) is 1. The molecule has 0 amide bonds. The summed E-state index contributed by atoms with van der Waals surface area (Å²) in [5.74, 6) is 1.25. The van der Waals surface area contributed by atoms with Gasteiger partial charge in [-0.25, -0.2) is 4.98 Å². The summed E-state index contributed by atoms with van der Waals surface area (Å²) in [5, 5.41) is 12.7. The van der Waals surface area contributed by atoms with E-state index in [0.717, 1.165) is 19.4 Å². The van der Waals surface area contributed by atoms with Gasteiger partial charge in [0.15, 0.2) is 5.82 Å². The fourth-order valence-electron chi connectivity index (χ4n) is 2.04. The molecule has 0 spiro atoms. The highest BCUT2D eigenvalue weighted by Crippen LogP contribution is 2.25. The molecule has 0 aliphatic carbocycles. The van der Waals surface area contributed by atoms with Crippen LogP contribution < -0.4 is 0 Å². The van der Waals surface area contributed by atoms with Crippen LogP contribution in [0.25, 0.3) is 11.6 Å². The Labute approximate surface area is 110 Å². The number of hydrogen-bond donors (Lipinski definition) is 0. The molecule has 0 bridgehead atoms. The predicted octanol–water partition coefficient (Wildman–Crippen LogP) is 1.90. The van der Waals surface area contributed by atoms with Gasteiger partial charge in [-0.2, -0.15) is 10.2 Å². The normalized spacial score (nSPS) is 19.0. The maximum atomic E-state index is 8.72. The van der Waals surface area contributed by atoms with Gasteiger partial charge in [0.2, 0.25) is 0 Å². The third kappa shape index (κ3) is 2.46. The van der Waals surface area contributed by atoms with E-state index in [1.54, 1.807) is 12.1 Å². The average molecular weight is 256 g/mol. The summed E-state index contributed by atoms with van der Waals surface area (Å²) >= 11 is 0. The molecule has 2 aromatic rings. The number of nitrogens with zero attached hydrogens (tertiary/aromatic N) is 4. The lowest BCUT2D eigenvalue weighted by Gasteiger charge is -2.18. The van der Waals surface area contributed by atoms with Crippen molar-refractivity contribution in [3.8, 4) is 17.7 Å². The molecule has 1 unspecified atom stereocenters. The third-order valence-corrected chi connectivity index (χ3v) is 3.08. The molecule has 0 aromatic carbocycles. The Balaban J connectivity index is 1.81. The smallest absolute Gasteiger partial charge is 0.276 e. The molecule has 0 radical (unpaired) electrons. The minimum atomic E-state index is 0.199. The van der Waals surface area contributed by atoms with Crippen LogP contribution in [0, 0.1) is 11.3 Å². The van der Waals surface area contributed by atoms with Crippen molar-refractivity contribution in [1.82, 2.24) is 15.1 Å². The summed E-state index contributed by atoms with van der Waals surface area (Å²) in [6.45, 7) is 1.44. The lowest BCUT2D eigenvalue weighted by Crippen LogP contribution is -2.16. The lowest BCUT2D eigenvalue weighted by atomic mass is 10.0. The molecule has 19 heavy (non-hydrogen) atoms. The monoisotopic (exact) mass is 256 g/mol. The molecular weight excluding hydrogens is 244 g/mol. The van der Waals surface area contributed by atoms with Gasteiger partial charge in [0, 0.05) is 18.7 Å². The van der Waals surface area contributed by atoms with E-state index < -0.39 is 0 Å². The molecule has 1 fully saturated rings. The van der Waals surface area contributed by atoms with E-state index in [4.69, 9.17) is 14.5 Å². The van der Waals surface area contributed by atoms with Crippen molar-refractivity contribution in [3.63, 3.8) is 0 Å². The Hall–Kier alpha value is -2.26. The van der Waals surface area contributed by atoms with Gasteiger partial charge in [-0.1, -0.05) is 5.16 Å². The van der Waals surface area contributed by atoms with E-state index in [9.17, 15) is 0 Å². The van der Waals surface area contributed by atoms with Crippen LogP contribution in [-0.2, 0) is 4.74 Å². The highest BCUT2D eigenvalue weighted by Gasteiger charge is 2.22. The first kappa shape index (κ1) is 11.8. The van der Waals surface area contributed by atoms with E-state index in [0.29, 0.717) is 29.6 Å².